The van der Waals surface area contributed by atoms with Crippen LogP contribution in [0.3, 0.4) is 0 Å². The van der Waals surface area contributed by atoms with Gasteiger partial charge in [-0.25, -0.2) is 0 Å². The molecule has 2 unspecified atom stereocenters. The third kappa shape index (κ3) is 4.76. The number of likely N-dealkylation sites (tertiary alicyclic amines) is 1. The summed E-state index contributed by atoms with van der Waals surface area (Å²) >= 11 is 0. The number of carbonyl (C=O) groups excluding carboxylic acids is 1. The molecule has 0 bridgehead atoms. The molecule has 1 aliphatic heterocycles. The van der Waals surface area contributed by atoms with Gasteiger partial charge in [0.15, 0.2) is 0 Å². The third-order valence-corrected chi connectivity index (χ3v) is 5.25. The SMILES string of the molecule is CCCC1CCN(C(=O)CCC2CCCC(N)C2)CC1. The van der Waals surface area contributed by atoms with Crippen molar-refractivity contribution in [2.24, 2.45) is 17.6 Å². The summed E-state index contributed by atoms with van der Waals surface area (Å²) < 4.78 is 0. The summed E-state index contributed by atoms with van der Waals surface area (Å²) in [4.78, 5) is 14.4. The quantitative estimate of drug-likeness (QED) is 0.839. The summed E-state index contributed by atoms with van der Waals surface area (Å²) in [5, 5.41) is 0. The van der Waals surface area contributed by atoms with E-state index in [4.69, 9.17) is 5.73 Å². The predicted molar refractivity (Wildman–Crippen MR) is 83.4 cm³/mol. The number of rotatable bonds is 5. The molecule has 20 heavy (non-hydrogen) atoms. The van der Waals surface area contributed by atoms with Crippen molar-refractivity contribution in [1.82, 2.24) is 4.90 Å². The van der Waals surface area contributed by atoms with Crippen LogP contribution in [0.25, 0.3) is 0 Å². The fraction of sp³-hybridized carbons (Fsp3) is 0.941. The minimum atomic E-state index is 0.383. The molecule has 1 heterocycles. The van der Waals surface area contributed by atoms with Gasteiger partial charge in [0.25, 0.3) is 0 Å². The van der Waals surface area contributed by atoms with Crippen LogP contribution in [0.15, 0.2) is 0 Å². The van der Waals surface area contributed by atoms with Crippen LogP contribution in [0.4, 0.5) is 0 Å². The van der Waals surface area contributed by atoms with Gasteiger partial charge in [0.1, 0.15) is 0 Å². The molecule has 1 amide bonds. The van der Waals surface area contributed by atoms with E-state index in [9.17, 15) is 4.79 Å². The highest BCUT2D eigenvalue weighted by molar-refractivity contribution is 5.76. The Morgan fingerprint density at radius 3 is 2.50 bits per heavy atom. The van der Waals surface area contributed by atoms with Gasteiger partial charge in [-0.15, -0.1) is 0 Å². The van der Waals surface area contributed by atoms with E-state index in [-0.39, 0.29) is 0 Å². The van der Waals surface area contributed by atoms with Crippen molar-refractivity contribution >= 4 is 5.91 Å². The first-order valence-corrected chi connectivity index (χ1v) is 8.72. The lowest BCUT2D eigenvalue weighted by atomic mass is 9.83. The van der Waals surface area contributed by atoms with E-state index in [1.165, 1.54) is 44.9 Å². The second kappa shape index (κ2) is 8.02. The molecule has 2 N–H and O–H groups in total. The largest absolute Gasteiger partial charge is 0.343 e. The fourth-order valence-electron chi connectivity index (χ4n) is 3.96. The lowest BCUT2D eigenvalue weighted by molar-refractivity contribution is -0.133. The van der Waals surface area contributed by atoms with Gasteiger partial charge in [0.05, 0.1) is 0 Å². The Hall–Kier alpha value is -0.570. The molecule has 0 aromatic carbocycles. The first-order valence-electron chi connectivity index (χ1n) is 8.72. The topological polar surface area (TPSA) is 46.3 Å². The van der Waals surface area contributed by atoms with Gasteiger partial charge >= 0.3 is 0 Å². The Morgan fingerprint density at radius 1 is 1.10 bits per heavy atom. The minimum Gasteiger partial charge on any atom is -0.343 e. The zero-order valence-electron chi connectivity index (χ0n) is 13.2. The molecule has 0 aromatic heterocycles. The minimum absolute atomic E-state index is 0.383. The van der Waals surface area contributed by atoms with Gasteiger partial charge in [0.2, 0.25) is 5.91 Å². The van der Waals surface area contributed by atoms with Crippen LogP contribution in [0, 0.1) is 11.8 Å². The van der Waals surface area contributed by atoms with Crippen LogP contribution in [0.1, 0.15) is 71.1 Å². The van der Waals surface area contributed by atoms with Crippen molar-refractivity contribution in [2.45, 2.75) is 77.2 Å². The van der Waals surface area contributed by atoms with Gasteiger partial charge in [-0.1, -0.05) is 32.6 Å². The molecular weight excluding hydrogens is 248 g/mol. The summed E-state index contributed by atoms with van der Waals surface area (Å²) in [6.07, 6.45) is 11.7. The lowest BCUT2D eigenvalue weighted by Crippen LogP contribution is -2.38. The smallest absolute Gasteiger partial charge is 0.222 e. The lowest BCUT2D eigenvalue weighted by Gasteiger charge is -2.33. The van der Waals surface area contributed by atoms with Crippen molar-refractivity contribution in [3.8, 4) is 0 Å². The number of amides is 1. The zero-order chi connectivity index (χ0) is 14.4. The number of nitrogens with zero attached hydrogens (tertiary/aromatic N) is 1. The number of hydrogen-bond acceptors (Lipinski definition) is 2. The molecular formula is C17H32N2O. The van der Waals surface area contributed by atoms with Crippen LogP contribution in [-0.2, 0) is 4.79 Å². The Balaban J connectivity index is 1.65. The number of piperidine rings is 1. The molecule has 2 fully saturated rings. The summed E-state index contributed by atoms with van der Waals surface area (Å²) in [5.74, 6) is 1.94. The third-order valence-electron chi connectivity index (χ3n) is 5.25. The normalized spacial score (nSPS) is 28.6. The van der Waals surface area contributed by atoms with Gasteiger partial charge in [0, 0.05) is 25.6 Å². The van der Waals surface area contributed by atoms with E-state index < -0.39 is 0 Å². The molecule has 2 atom stereocenters. The van der Waals surface area contributed by atoms with Crippen molar-refractivity contribution in [1.29, 1.82) is 0 Å². The van der Waals surface area contributed by atoms with E-state index in [0.29, 0.717) is 17.9 Å². The summed E-state index contributed by atoms with van der Waals surface area (Å²) in [6.45, 7) is 4.24. The molecule has 0 spiro atoms. The highest BCUT2D eigenvalue weighted by Gasteiger charge is 2.24. The van der Waals surface area contributed by atoms with Crippen molar-refractivity contribution in [3.05, 3.63) is 0 Å². The zero-order valence-corrected chi connectivity index (χ0v) is 13.2. The highest BCUT2D eigenvalue weighted by Crippen LogP contribution is 2.28. The summed E-state index contributed by atoms with van der Waals surface area (Å²) in [7, 11) is 0. The van der Waals surface area contributed by atoms with Gasteiger partial charge < -0.3 is 10.6 Å². The summed E-state index contributed by atoms with van der Waals surface area (Å²) in [6, 6.07) is 0.383. The standard InChI is InChI=1S/C17H32N2O/c1-2-4-14-9-11-19(12-10-14)17(20)8-7-15-5-3-6-16(18)13-15/h14-16H,2-13,18H2,1H3. The fourth-order valence-corrected chi connectivity index (χ4v) is 3.96. The first kappa shape index (κ1) is 15.8. The summed E-state index contributed by atoms with van der Waals surface area (Å²) in [5.41, 5.74) is 6.02. The van der Waals surface area contributed by atoms with E-state index in [0.717, 1.165) is 38.3 Å². The van der Waals surface area contributed by atoms with Crippen LogP contribution < -0.4 is 5.73 Å². The van der Waals surface area contributed by atoms with Crippen LogP contribution in [0.2, 0.25) is 0 Å². The number of hydrogen-bond donors (Lipinski definition) is 1. The average Bonchev–Trinajstić information content (AvgIpc) is 2.46. The molecule has 1 saturated carbocycles. The molecule has 1 saturated heterocycles. The van der Waals surface area contributed by atoms with Gasteiger partial charge in [-0.3, -0.25) is 4.79 Å². The monoisotopic (exact) mass is 280 g/mol. The molecule has 3 nitrogen and oxygen atoms in total. The molecule has 1 aliphatic carbocycles. The van der Waals surface area contributed by atoms with Crippen LogP contribution in [-0.4, -0.2) is 29.9 Å². The molecule has 0 aromatic rings. The van der Waals surface area contributed by atoms with E-state index in [1.54, 1.807) is 0 Å². The van der Waals surface area contributed by atoms with Crippen molar-refractivity contribution < 1.29 is 4.79 Å². The van der Waals surface area contributed by atoms with Gasteiger partial charge in [-0.05, 0) is 43.9 Å². The maximum atomic E-state index is 12.3. The molecule has 3 heteroatoms. The highest BCUT2D eigenvalue weighted by atomic mass is 16.2. The Morgan fingerprint density at radius 2 is 1.85 bits per heavy atom. The first-order chi connectivity index (χ1) is 9.69. The molecule has 2 aliphatic rings. The predicted octanol–water partition coefficient (Wildman–Crippen LogP) is 3.32. The molecule has 0 radical (unpaired) electrons. The Labute approximate surface area is 124 Å². The molecule has 116 valence electrons. The van der Waals surface area contributed by atoms with Crippen molar-refractivity contribution in [2.75, 3.05) is 13.1 Å². The van der Waals surface area contributed by atoms with Crippen LogP contribution in [0.5, 0.6) is 0 Å². The van der Waals surface area contributed by atoms with Crippen LogP contribution >= 0.6 is 0 Å². The van der Waals surface area contributed by atoms with E-state index >= 15 is 0 Å². The van der Waals surface area contributed by atoms with E-state index in [2.05, 4.69) is 11.8 Å². The average molecular weight is 280 g/mol. The number of carbonyl (C=O) groups is 1. The Kier molecular flexibility index (Phi) is 6.34. The maximum absolute atomic E-state index is 12.3. The number of nitrogens with two attached hydrogens (primary N) is 1. The molecule has 2 rings (SSSR count). The second-order valence-corrected chi connectivity index (χ2v) is 6.94. The maximum Gasteiger partial charge on any atom is 0.222 e. The second-order valence-electron chi connectivity index (χ2n) is 6.94. The van der Waals surface area contributed by atoms with Crippen molar-refractivity contribution in [3.63, 3.8) is 0 Å². The van der Waals surface area contributed by atoms with E-state index in [1.807, 2.05) is 0 Å². The Bertz CT molecular complexity index is 297. The van der Waals surface area contributed by atoms with Gasteiger partial charge in [-0.2, -0.15) is 0 Å².